The van der Waals surface area contributed by atoms with Gasteiger partial charge in [0, 0.05) is 11.5 Å². The average molecular weight is 407 g/mol. The molecule has 3 rings (SSSR count). The lowest BCUT2D eigenvalue weighted by Gasteiger charge is -2.10. The topological polar surface area (TPSA) is 65.7 Å². The summed E-state index contributed by atoms with van der Waals surface area (Å²) >= 11 is 11.9. The van der Waals surface area contributed by atoms with Gasteiger partial charge in [-0.05, 0) is 42.3 Å². The monoisotopic (exact) mass is 406 g/mol. The normalized spacial score (nSPS) is 10.8. The molecule has 0 saturated heterocycles. The molecule has 0 bridgehead atoms. The third-order valence-corrected chi connectivity index (χ3v) is 4.94. The van der Waals surface area contributed by atoms with Gasteiger partial charge >= 0.3 is 11.6 Å². The summed E-state index contributed by atoms with van der Waals surface area (Å²) in [6.45, 7) is 2.06. The lowest BCUT2D eigenvalue weighted by Crippen LogP contribution is -2.16. The molecule has 0 amide bonds. The Bertz CT molecular complexity index is 1070. The fourth-order valence-corrected chi connectivity index (χ4v) is 3.00. The van der Waals surface area contributed by atoms with Crippen molar-refractivity contribution < 1.29 is 18.7 Å². The first-order valence-corrected chi connectivity index (χ1v) is 8.84. The van der Waals surface area contributed by atoms with Gasteiger partial charge in [-0.15, -0.1) is 0 Å². The molecule has 0 atom stereocenters. The molecular formula is C20H16Cl2O5. The minimum Gasteiger partial charge on any atom is -0.489 e. The molecule has 0 N–H and O–H groups in total. The molecule has 2 aromatic carbocycles. The molecule has 1 aromatic heterocycles. The van der Waals surface area contributed by atoms with Crippen LogP contribution >= 0.6 is 23.2 Å². The molecule has 140 valence electrons. The molecule has 0 spiro atoms. The highest BCUT2D eigenvalue weighted by Gasteiger charge is 2.15. The quantitative estimate of drug-likeness (QED) is 0.453. The van der Waals surface area contributed by atoms with Gasteiger partial charge in [-0.1, -0.05) is 29.3 Å². The third-order valence-electron chi connectivity index (χ3n) is 4.20. The van der Waals surface area contributed by atoms with Crippen molar-refractivity contribution in [2.75, 3.05) is 7.11 Å². The highest BCUT2D eigenvalue weighted by Crippen LogP contribution is 2.26. The summed E-state index contributed by atoms with van der Waals surface area (Å²) in [5.41, 5.74) is 1.65. The number of hydrogen-bond donors (Lipinski definition) is 0. The molecule has 0 fully saturated rings. The molecule has 0 aliphatic heterocycles. The average Bonchev–Trinajstić information content (AvgIpc) is 2.65. The van der Waals surface area contributed by atoms with Gasteiger partial charge in [-0.25, -0.2) is 4.79 Å². The van der Waals surface area contributed by atoms with Gasteiger partial charge in [0.05, 0.1) is 29.1 Å². The zero-order chi connectivity index (χ0) is 19.6. The van der Waals surface area contributed by atoms with E-state index in [0.717, 1.165) is 10.9 Å². The fraction of sp³-hybridized carbons (Fsp3) is 0.200. The number of fused-ring (bicyclic) bond motifs is 1. The number of aryl methyl sites for hydroxylation is 1. The highest BCUT2D eigenvalue weighted by molar-refractivity contribution is 6.42. The lowest BCUT2D eigenvalue weighted by molar-refractivity contribution is -0.139. The Hall–Kier alpha value is -2.50. The van der Waals surface area contributed by atoms with Crippen LogP contribution < -0.4 is 10.4 Å². The fourth-order valence-electron chi connectivity index (χ4n) is 2.68. The van der Waals surface area contributed by atoms with Crippen LogP contribution in [0.2, 0.25) is 10.0 Å². The maximum atomic E-state index is 12.2. The third kappa shape index (κ3) is 4.26. The van der Waals surface area contributed by atoms with Crippen LogP contribution in [0.25, 0.3) is 11.0 Å². The molecule has 27 heavy (non-hydrogen) atoms. The molecule has 0 aliphatic carbocycles. The molecule has 7 heteroatoms. The van der Waals surface area contributed by atoms with E-state index in [4.69, 9.17) is 32.4 Å². The van der Waals surface area contributed by atoms with Gasteiger partial charge in [0.2, 0.25) is 0 Å². The number of ether oxygens (including phenoxy) is 2. The molecule has 3 aromatic rings. The highest BCUT2D eigenvalue weighted by atomic mass is 35.5. The maximum Gasteiger partial charge on any atom is 0.340 e. The van der Waals surface area contributed by atoms with E-state index in [2.05, 4.69) is 4.74 Å². The van der Waals surface area contributed by atoms with Gasteiger partial charge in [0.1, 0.15) is 17.9 Å². The van der Waals surface area contributed by atoms with Crippen molar-refractivity contribution in [1.29, 1.82) is 0 Å². The molecule has 0 radical (unpaired) electrons. The Kier molecular flexibility index (Phi) is 5.73. The summed E-state index contributed by atoms with van der Waals surface area (Å²) < 4.78 is 15.7. The van der Waals surface area contributed by atoms with E-state index in [1.54, 1.807) is 37.3 Å². The minimum absolute atomic E-state index is 0.129. The van der Waals surface area contributed by atoms with Crippen LogP contribution in [0.15, 0.2) is 45.6 Å². The first-order valence-electron chi connectivity index (χ1n) is 8.09. The second-order valence-corrected chi connectivity index (χ2v) is 6.76. The smallest absolute Gasteiger partial charge is 0.340 e. The van der Waals surface area contributed by atoms with E-state index in [1.165, 1.54) is 7.11 Å². The number of carbonyl (C=O) groups excluding carboxylic acids is 1. The van der Waals surface area contributed by atoms with Crippen LogP contribution in [0, 0.1) is 6.92 Å². The number of hydrogen-bond acceptors (Lipinski definition) is 5. The molecule has 0 unspecified atom stereocenters. The van der Waals surface area contributed by atoms with Crippen molar-refractivity contribution in [2.24, 2.45) is 0 Å². The number of carbonyl (C=O) groups is 1. The van der Waals surface area contributed by atoms with Crippen LogP contribution in [0.4, 0.5) is 0 Å². The Labute approximate surface area is 165 Å². The molecule has 0 aliphatic rings. The van der Waals surface area contributed by atoms with E-state index >= 15 is 0 Å². The summed E-state index contributed by atoms with van der Waals surface area (Å²) in [6, 6.07) is 10.5. The Morgan fingerprint density at radius 1 is 1.11 bits per heavy atom. The van der Waals surface area contributed by atoms with Gasteiger partial charge in [-0.3, -0.25) is 4.79 Å². The SMILES string of the molecule is COC(=O)Cc1c(C)c2ccc(OCc3ccc(Cl)c(Cl)c3)cc2oc1=O. The number of benzene rings is 2. The number of halogens is 2. The second kappa shape index (κ2) is 8.03. The summed E-state index contributed by atoms with van der Waals surface area (Å²) in [5.74, 6) is 0.0446. The Morgan fingerprint density at radius 3 is 2.59 bits per heavy atom. The van der Waals surface area contributed by atoms with E-state index in [9.17, 15) is 9.59 Å². The summed E-state index contributed by atoms with van der Waals surface area (Å²) in [5, 5.41) is 1.66. The van der Waals surface area contributed by atoms with Crippen molar-refractivity contribution in [2.45, 2.75) is 20.0 Å². The molecule has 0 saturated carbocycles. The van der Waals surface area contributed by atoms with Crippen LogP contribution in [-0.2, 0) is 22.6 Å². The first kappa shape index (κ1) is 19.3. The summed E-state index contributed by atoms with van der Waals surface area (Å²) in [7, 11) is 1.28. The van der Waals surface area contributed by atoms with Crippen LogP contribution in [0.1, 0.15) is 16.7 Å². The number of esters is 1. The zero-order valence-corrected chi connectivity index (χ0v) is 16.2. The predicted molar refractivity (Wildman–Crippen MR) is 104 cm³/mol. The van der Waals surface area contributed by atoms with Crippen molar-refractivity contribution in [1.82, 2.24) is 0 Å². The minimum atomic E-state index is -0.563. The Balaban J connectivity index is 1.86. The second-order valence-electron chi connectivity index (χ2n) is 5.94. The van der Waals surface area contributed by atoms with Crippen LogP contribution in [0.5, 0.6) is 5.75 Å². The van der Waals surface area contributed by atoms with Crippen LogP contribution in [0.3, 0.4) is 0 Å². The van der Waals surface area contributed by atoms with Crippen molar-refractivity contribution in [3.05, 3.63) is 73.6 Å². The van der Waals surface area contributed by atoms with E-state index < -0.39 is 11.6 Å². The molecule has 5 nitrogen and oxygen atoms in total. The Morgan fingerprint density at radius 2 is 1.89 bits per heavy atom. The van der Waals surface area contributed by atoms with Crippen molar-refractivity contribution in [3.63, 3.8) is 0 Å². The molecule has 1 heterocycles. The van der Waals surface area contributed by atoms with Crippen molar-refractivity contribution >= 4 is 40.1 Å². The lowest BCUT2D eigenvalue weighted by atomic mass is 10.0. The van der Waals surface area contributed by atoms with Gasteiger partial charge in [-0.2, -0.15) is 0 Å². The van der Waals surface area contributed by atoms with Crippen LogP contribution in [-0.4, -0.2) is 13.1 Å². The summed E-state index contributed by atoms with van der Waals surface area (Å²) in [6.07, 6.45) is -0.129. The predicted octanol–water partition coefficient (Wildman–Crippen LogP) is 4.70. The molecular weight excluding hydrogens is 391 g/mol. The maximum absolute atomic E-state index is 12.2. The first-order chi connectivity index (χ1) is 12.9. The van der Waals surface area contributed by atoms with E-state index in [-0.39, 0.29) is 13.0 Å². The van der Waals surface area contributed by atoms with E-state index in [0.29, 0.717) is 32.5 Å². The number of rotatable bonds is 5. The number of methoxy groups -OCH3 is 1. The zero-order valence-electron chi connectivity index (χ0n) is 14.7. The standard InChI is InChI=1S/C20H16Cl2O5/c1-11-14-5-4-13(26-10-12-3-6-16(21)17(22)7-12)8-18(14)27-20(24)15(11)9-19(23)25-2/h3-8H,9-10H2,1-2H3. The summed E-state index contributed by atoms with van der Waals surface area (Å²) in [4.78, 5) is 23.7. The largest absolute Gasteiger partial charge is 0.489 e. The van der Waals surface area contributed by atoms with Gasteiger partial charge in [0.25, 0.3) is 0 Å². The van der Waals surface area contributed by atoms with Crippen molar-refractivity contribution in [3.8, 4) is 5.75 Å². The van der Waals surface area contributed by atoms with Gasteiger partial charge < -0.3 is 13.9 Å². The van der Waals surface area contributed by atoms with Gasteiger partial charge in [0.15, 0.2) is 0 Å². The van der Waals surface area contributed by atoms with E-state index in [1.807, 2.05) is 6.07 Å².